The molecule has 0 heterocycles. The Hall–Kier alpha value is 0.00338. The Morgan fingerprint density at radius 2 is 1.03 bits per heavy atom. The van der Waals surface area contributed by atoms with Crippen LogP contribution in [0.5, 0.6) is 0 Å². The van der Waals surface area contributed by atoms with Gasteiger partial charge in [0, 0.05) is 25.6 Å². The molecular formula is C24H41O3PRh. The summed E-state index contributed by atoms with van der Waals surface area (Å²) in [6.45, 7) is 7.35. The Labute approximate surface area is 193 Å². The molecular weight excluding hydrogens is 470 g/mol. The number of ketones is 1. The predicted octanol–water partition coefficient (Wildman–Crippen LogP) is 7.46. The third kappa shape index (κ3) is 11.8. The van der Waals surface area contributed by atoms with E-state index in [1.807, 2.05) is 0 Å². The smallest absolute Gasteiger partial charge is 0 e. The molecule has 0 aromatic carbocycles. The van der Waals surface area contributed by atoms with E-state index in [9.17, 15) is 4.79 Å². The van der Waals surface area contributed by atoms with Gasteiger partial charge in [0.25, 0.3) is 0 Å². The first kappa shape index (κ1) is 29.0. The van der Waals surface area contributed by atoms with Crippen LogP contribution in [0, 0.1) is 6.65 Å². The molecule has 0 bridgehead atoms. The minimum atomic E-state index is -0.125. The average molecular weight is 511 g/mol. The van der Waals surface area contributed by atoms with Gasteiger partial charge in [0.1, 0.15) is 0 Å². The summed E-state index contributed by atoms with van der Waals surface area (Å²) in [6.07, 6.45) is 24.8. The SMILES string of the molecule is C1CCC(P(C2CCCCC2)C2CCCCC2)CC1.CC(=O)/C=C(/C)O.[C-]#[O+].[Rh]. The second-order valence-corrected chi connectivity index (χ2v) is 11.8. The average Bonchev–Trinajstić information content (AvgIpc) is 2.72. The van der Waals surface area contributed by atoms with Gasteiger partial charge in [-0.2, -0.15) is 0 Å². The number of aliphatic hydroxyl groups excluding tert-OH is 1. The first-order chi connectivity index (χ1) is 13.6. The Morgan fingerprint density at radius 1 is 0.759 bits per heavy atom. The molecule has 3 fully saturated rings. The van der Waals surface area contributed by atoms with Gasteiger partial charge in [-0.25, -0.2) is 0 Å². The van der Waals surface area contributed by atoms with Crippen molar-refractivity contribution < 1.29 is 34.0 Å². The van der Waals surface area contributed by atoms with Gasteiger partial charge in [0.2, 0.25) is 0 Å². The minimum Gasteiger partial charge on any atom is 0 e. The van der Waals surface area contributed by atoms with Crippen molar-refractivity contribution in [2.75, 3.05) is 0 Å². The number of allylic oxidation sites excluding steroid dienone is 2. The summed E-state index contributed by atoms with van der Waals surface area (Å²) < 4.78 is 7.50. The number of aliphatic hydroxyl groups is 1. The van der Waals surface area contributed by atoms with Crippen molar-refractivity contribution in [2.45, 2.75) is 127 Å². The van der Waals surface area contributed by atoms with Crippen LogP contribution in [0.3, 0.4) is 0 Å². The fraction of sp³-hybridized carbons (Fsp3) is 0.833. The molecule has 0 aromatic heterocycles. The van der Waals surface area contributed by atoms with E-state index in [1.165, 1.54) is 56.2 Å². The maximum Gasteiger partial charge on any atom is 0 e. The van der Waals surface area contributed by atoms with Crippen LogP contribution in [0.2, 0.25) is 0 Å². The molecule has 0 amide bonds. The fourth-order valence-electron chi connectivity index (χ4n) is 5.33. The van der Waals surface area contributed by atoms with Crippen LogP contribution in [0.15, 0.2) is 11.8 Å². The second-order valence-electron chi connectivity index (χ2n) is 8.72. The molecule has 3 nitrogen and oxygen atoms in total. The zero-order valence-electron chi connectivity index (χ0n) is 18.5. The largest absolute Gasteiger partial charge is 0 e. The summed E-state index contributed by atoms with van der Waals surface area (Å²) in [5.74, 6) is -0.0625. The Bertz CT molecular complexity index is 427. The predicted molar refractivity (Wildman–Crippen MR) is 119 cm³/mol. The Balaban J connectivity index is 0.000000675. The third-order valence-electron chi connectivity index (χ3n) is 6.40. The molecule has 0 spiro atoms. The number of carbonyl (C=O) groups excluding carboxylic acids is 1. The molecule has 3 aliphatic carbocycles. The van der Waals surface area contributed by atoms with E-state index in [-0.39, 0.29) is 31.0 Å². The molecule has 0 aromatic rings. The van der Waals surface area contributed by atoms with Crippen LogP contribution in [0.4, 0.5) is 0 Å². The van der Waals surface area contributed by atoms with Crippen molar-refractivity contribution in [3.8, 4) is 0 Å². The standard InChI is InChI=1S/C18H33P.C5H8O2.CO.Rh/c1-4-10-16(11-5-1)19(17-12-6-2-7-13-17)18-14-8-3-9-15-18;1-4(6)3-5(2)7;1-2;/h16-18H,1-15H2;3,6H,1-2H3;;/b;4-3-;;. The van der Waals surface area contributed by atoms with E-state index in [4.69, 9.17) is 9.76 Å². The van der Waals surface area contributed by atoms with E-state index in [2.05, 4.69) is 6.65 Å². The van der Waals surface area contributed by atoms with Gasteiger partial charge in [-0.3, -0.25) is 4.79 Å². The molecule has 3 aliphatic rings. The molecule has 0 unspecified atom stereocenters. The van der Waals surface area contributed by atoms with Gasteiger partial charge in [0.05, 0.1) is 5.76 Å². The summed E-state index contributed by atoms with van der Waals surface area (Å²) >= 11 is 0. The molecule has 0 aliphatic heterocycles. The molecule has 0 saturated heterocycles. The van der Waals surface area contributed by atoms with E-state index in [0.717, 1.165) is 0 Å². The molecule has 3 rings (SSSR count). The van der Waals surface area contributed by atoms with Crippen molar-refractivity contribution >= 4 is 13.7 Å². The van der Waals surface area contributed by atoms with Gasteiger partial charge < -0.3 is 5.11 Å². The summed E-state index contributed by atoms with van der Waals surface area (Å²) in [5.41, 5.74) is 3.57. The molecule has 5 heteroatoms. The molecule has 169 valence electrons. The molecule has 29 heavy (non-hydrogen) atoms. The van der Waals surface area contributed by atoms with Crippen LogP contribution < -0.4 is 0 Å². The Morgan fingerprint density at radius 3 is 1.21 bits per heavy atom. The Kier molecular flexibility index (Phi) is 17.7. The number of hydrogen-bond acceptors (Lipinski definition) is 2. The number of carbonyl (C=O) groups is 1. The van der Waals surface area contributed by atoms with Crippen LogP contribution in [0.25, 0.3) is 0 Å². The maximum atomic E-state index is 10.0. The quantitative estimate of drug-likeness (QED) is 0.106. The summed E-state index contributed by atoms with van der Waals surface area (Å²) in [7, 11) is 0.385. The zero-order valence-corrected chi connectivity index (χ0v) is 21.0. The van der Waals surface area contributed by atoms with E-state index in [0.29, 0.717) is 7.92 Å². The van der Waals surface area contributed by atoms with Crippen LogP contribution >= 0.6 is 7.92 Å². The topological polar surface area (TPSA) is 57.2 Å². The van der Waals surface area contributed by atoms with Crippen molar-refractivity contribution in [1.29, 1.82) is 0 Å². The van der Waals surface area contributed by atoms with Crippen LogP contribution in [-0.4, -0.2) is 27.9 Å². The number of hydrogen-bond donors (Lipinski definition) is 1. The van der Waals surface area contributed by atoms with Gasteiger partial charge in [-0.15, -0.1) is 0 Å². The van der Waals surface area contributed by atoms with E-state index < -0.39 is 0 Å². The van der Waals surface area contributed by atoms with Gasteiger partial charge >= 0.3 is 11.3 Å². The van der Waals surface area contributed by atoms with Crippen LogP contribution in [-0.2, 0) is 28.9 Å². The van der Waals surface area contributed by atoms with Crippen molar-refractivity contribution in [3.05, 3.63) is 18.5 Å². The van der Waals surface area contributed by atoms with Gasteiger partial charge in [-0.1, -0.05) is 65.7 Å². The summed E-state index contributed by atoms with van der Waals surface area (Å²) in [6, 6.07) is 0. The first-order valence-electron chi connectivity index (χ1n) is 11.4. The van der Waals surface area contributed by atoms with Crippen LogP contribution in [0.1, 0.15) is 110 Å². The third-order valence-corrected chi connectivity index (χ3v) is 10.5. The number of rotatable bonds is 4. The molecule has 0 atom stereocenters. The maximum absolute atomic E-state index is 10.0. The minimum absolute atomic E-state index is 0. The normalized spacial score (nSPS) is 21.8. The van der Waals surface area contributed by atoms with Crippen molar-refractivity contribution in [2.24, 2.45) is 0 Å². The first-order valence-corrected chi connectivity index (χ1v) is 13.0. The van der Waals surface area contributed by atoms with Crippen molar-refractivity contribution in [1.82, 2.24) is 0 Å². The summed E-state index contributed by atoms with van der Waals surface area (Å²) in [5, 5.41) is 8.36. The fourth-order valence-corrected chi connectivity index (χ4v) is 10.00. The van der Waals surface area contributed by atoms with Gasteiger partial charge in [0.15, 0.2) is 5.78 Å². The molecule has 3 saturated carbocycles. The molecule has 1 radical (unpaired) electrons. The van der Waals surface area contributed by atoms with E-state index in [1.54, 1.807) is 77.0 Å². The van der Waals surface area contributed by atoms with Gasteiger partial charge in [-0.05, 0) is 69.3 Å². The van der Waals surface area contributed by atoms with Crippen molar-refractivity contribution in [3.63, 3.8) is 0 Å². The summed E-state index contributed by atoms with van der Waals surface area (Å²) in [4.78, 5) is 10.0. The van der Waals surface area contributed by atoms with E-state index >= 15 is 0 Å². The zero-order chi connectivity index (χ0) is 20.8. The second kappa shape index (κ2) is 17.7. The monoisotopic (exact) mass is 511 g/mol. The molecule has 1 N–H and O–H groups in total.